The number of hydrogen-bond acceptors (Lipinski definition) is 5. The average Bonchev–Trinajstić information content (AvgIpc) is 3.34. The van der Waals surface area contributed by atoms with Gasteiger partial charge in [-0.15, -0.1) is 11.3 Å². The monoisotopic (exact) mass is 568 g/mol. The van der Waals surface area contributed by atoms with Crippen LogP contribution in [0.3, 0.4) is 0 Å². The van der Waals surface area contributed by atoms with E-state index in [-0.39, 0.29) is 24.3 Å². The van der Waals surface area contributed by atoms with Crippen molar-refractivity contribution in [2.24, 2.45) is 5.10 Å². The van der Waals surface area contributed by atoms with Crippen molar-refractivity contribution in [3.63, 3.8) is 0 Å². The summed E-state index contributed by atoms with van der Waals surface area (Å²) in [6.45, 7) is 1.49. The van der Waals surface area contributed by atoms with Gasteiger partial charge in [0.05, 0.1) is 22.1 Å². The van der Waals surface area contributed by atoms with E-state index in [1.54, 1.807) is 12.1 Å². The number of sulfonamides is 1. The van der Waals surface area contributed by atoms with Gasteiger partial charge in [0.15, 0.2) is 5.75 Å². The molecule has 1 N–H and O–H groups in total. The van der Waals surface area contributed by atoms with Gasteiger partial charge in [0, 0.05) is 4.70 Å². The van der Waals surface area contributed by atoms with E-state index in [1.807, 2.05) is 37.3 Å². The van der Waals surface area contributed by atoms with Crippen molar-refractivity contribution in [3.05, 3.63) is 94.1 Å². The Labute approximate surface area is 219 Å². The Bertz CT molecular complexity index is 1540. The normalized spacial score (nSPS) is 12.2. The molecule has 1 heterocycles. The molecule has 5 nitrogen and oxygen atoms in total. The molecule has 0 aliphatic rings. The van der Waals surface area contributed by atoms with Gasteiger partial charge in [-0.3, -0.25) is 0 Å². The topological polar surface area (TPSA) is 67.8 Å². The van der Waals surface area contributed by atoms with Gasteiger partial charge < -0.3 is 4.74 Å². The van der Waals surface area contributed by atoms with Crippen LogP contribution in [-0.4, -0.2) is 20.7 Å². The number of hydrogen-bond donors (Lipinski definition) is 1. The van der Waals surface area contributed by atoms with Crippen molar-refractivity contribution in [3.8, 4) is 5.75 Å². The highest BCUT2D eigenvalue weighted by molar-refractivity contribution is 7.89. The molecule has 0 fully saturated rings. The number of unbranched alkanes of at least 4 members (excludes halogenated alkanes) is 1. The third-order valence-corrected chi connectivity index (χ3v) is 7.96. The van der Waals surface area contributed by atoms with E-state index in [2.05, 4.69) is 9.93 Å². The molecule has 3 aromatic carbocycles. The van der Waals surface area contributed by atoms with Crippen LogP contribution in [0.25, 0.3) is 10.1 Å². The summed E-state index contributed by atoms with van der Waals surface area (Å²) in [5.74, 6) is -11.9. The van der Waals surface area contributed by atoms with Crippen LogP contribution in [0.4, 0.5) is 22.0 Å². The number of fused-ring (bicyclic) bond motifs is 1. The summed E-state index contributed by atoms with van der Waals surface area (Å²) in [6.07, 6.45) is 0.715. The third kappa shape index (κ3) is 5.97. The van der Waals surface area contributed by atoms with E-state index in [9.17, 15) is 30.4 Å². The number of rotatable bonds is 10. The summed E-state index contributed by atoms with van der Waals surface area (Å²) in [4.78, 5) is 3.00. The van der Waals surface area contributed by atoms with E-state index in [0.717, 1.165) is 15.6 Å². The fraction of sp³-hybridized carbons (Fsp3) is 0.192. The third-order valence-electron chi connectivity index (χ3n) is 5.57. The molecule has 0 spiro atoms. The van der Waals surface area contributed by atoms with Crippen molar-refractivity contribution < 1.29 is 35.1 Å². The molecule has 0 atom stereocenters. The molecule has 0 aliphatic carbocycles. The van der Waals surface area contributed by atoms with Gasteiger partial charge in [-0.25, -0.2) is 13.2 Å². The highest BCUT2D eigenvalue weighted by atomic mass is 32.2. The molecule has 38 heavy (non-hydrogen) atoms. The first-order valence-electron chi connectivity index (χ1n) is 11.4. The van der Waals surface area contributed by atoms with Crippen LogP contribution < -0.4 is 9.57 Å². The number of benzene rings is 3. The Morgan fingerprint density at radius 1 is 0.895 bits per heavy atom. The minimum absolute atomic E-state index is 0.0405. The first-order valence-corrected chi connectivity index (χ1v) is 13.7. The highest BCUT2D eigenvalue weighted by Gasteiger charge is 2.27. The summed E-state index contributed by atoms with van der Waals surface area (Å²) in [5.41, 5.74) is 1.31. The maximum atomic E-state index is 13.8. The molecule has 4 rings (SSSR count). The predicted octanol–water partition coefficient (Wildman–Crippen LogP) is 6.84. The number of ether oxygens (including phenoxy) is 1. The Kier molecular flexibility index (Phi) is 8.32. The first-order chi connectivity index (χ1) is 18.1. The molecule has 0 aliphatic heterocycles. The summed E-state index contributed by atoms with van der Waals surface area (Å²) >= 11 is 1.41. The maximum Gasteiger partial charge on any atom is 0.276 e. The Morgan fingerprint density at radius 2 is 1.53 bits per heavy atom. The largest absolute Gasteiger partial charge is 0.487 e. The van der Waals surface area contributed by atoms with E-state index in [4.69, 9.17) is 4.74 Å². The van der Waals surface area contributed by atoms with Gasteiger partial charge in [-0.1, -0.05) is 35.9 Å². The molecule has 0 saturated carbocycles. The second kappa shape index (κ2) is 11.5. The lowest BCUT2D eigenvalue weighted by atomic mass is 10.1. The molecule has 1 aromatic heterocycles. The van der Waals surface area contributed by atoms with Crippen LogP contribution >= 0.6 is 11.3 Å². The minimum Gasteiger partial charge on any atom is -0.487 e. The number of nitrogens with one attached hydrogen (secondary N) is 1. The molecule has 0 bridgehead atoms. The summed E-state index contributed by atoms with van der Waals surface area (Å²) in [7, 11) is -3.95. The van der Waals surface area contributed by atoms with Gasteiger partial charge in [-0.2, -0.15) is 27.1 Å². The molecule has 0 saturated heterocycles. The van der Waals surface area contributed by atoms with Crippen molar-refractivity contribution in [1.29, 1.82) is 0 Å². The SMILES string of the molecule is Cc1ccc(S(=O)(=O)NN=C(CCCCOc2c(F)c(F)c(F)c(F)c2F)c2cc3ccccc3s2)cc1. The van der Waals surface area contributed by atoms with Crippen LogP contribution in [0.2, 0.25) is 0 Å². The molecule has 4 aromatic rings. The fourth-order valence-corrected chi connectivity index (χ4v) is 5.43. The number of hydrazone groups is 1. The quantitative estimate of drug-likeness (QED) is 0.0569. The van der Waals surface area contributed by atoms with Crippen LogP contribution in [0.5, 0.6) is 5.75 Å². The lowest BCUT2D eigenvalue weighted by Crippen LogP contribution is -2.20. The van der Waals surface area contributed by atoms with E-state index < -0.39 is 44.9 Å². The van der Waals surface area contributed by atoms with Gasteiger partial charge in [0.25, 0.3) is 10.0 Å². The summed E-state index contributed by atoms with van der Waals surface area (Å²) in [6, 6.07) is 15.7. The highest BCUT2D eigenvalue weighted by Crippen LogP contribution is 2.30. The second-order valence-electron chi connectivity index (χ2n) is 8.32. The first kappa shape index (κ1) is 27.5. The molecule has 200 valence electrons. The molecule has 12 heteroatoms. The maximum absolute atomic E-state index is 13.8. The fourth-order valence-electron chi connectivity index (χ4n) is 3.52. The zero-order valence-electron chi connectivity index (χ0n) is 19.9. The van der Waals surface area contributed by atoms with Crippen LogP contribution in [0.1, 0.15) is 29.7 Å². The number of nitrogens with zero attached hydrogens (tertiary/aromatic N) is 1. The van der Waals surface area contributed by atoms with Crippen molar-refractivity contribution in [2.75, 3.05) is 6.61 Å². The Balaban J connectivity index is 1.48. The van der Waals surface area contributed by atoms with Crippen molar-refractivity contribution >= 4 is 37.2 Å². The van der Waals surface area contributed by atoms with Crippen molar-refractivity contribution in [2.45, 2.75) is 31.1 Å². The van der Waals surface area contributed by atoms with Crippen molar-refractivity contribution in [1.82, 2.24) is 4.83 Å². The minimum atomic E-state index is -3.95. The smallest absolute Gasteiger partial charge is 0.276 e. The summed E-state index contributed by atoms with van der Waals surface area (Å²) < 4.78 is 98.9. The van der Waals surface area contributed by atoms with Gasteiger partial charge in [0.2, 0.25) is 29.1 Å². The molecule has 0 amide bonds. The number of halogens is 5. The second-order valence-corrected chi connectivity index (χ2v) is 11.1. The van der Waals surface area contributed by atoms with Gasteiger partial charge in [0.1, 0.15) is 0 Å². The zero-order valence-corrected chi connectivity index (χ0v) is 21.5. The number of thiophene rings is 1. The summed E-state index contributed by atoms with van der Waals surface area (Å²) in [5, 5.41) is 5.11. The zero-order chi connectivity index (χ0) is 27.4. The van der Waals surface area contributed by atoms with Gasteiger partial charge in [-0.05, 0) is 55.8 Å². The van der Waals surface area contributed by atoms with E-state index in [1.165, 1.54) is 23.5 Å². The lowest BCUT2D eigenvalue weighted by Gasteiger charge is -2.11. The Hall–Kier alpha value is -3.51. The van der Waals surface area contributed by atoms with Crippen LogP contribution in [-0.2, 0) is 10.0 Å². The molecular formula is C26H21F5N2O3S2. The Morgan fingerprint density at radius 3 is 2.18 bits per heavy atom. The van der Waals surface area contributed by atoms with Gasteiger partial charge >= 0.3 is 0 Å². The van der Waals surface area contributed by atoms with Crippen LogP contribution in [0, 0.1) is 36.0 Å². The lowest BCUT2D eigenvalue weighted by molar-refractivity contribution is 0.257. The van der Waals surface area contributed by atoms with Crippen LogP contribution in [0.15, 0.2) is 64.6 Å². The standard InChI is InChI=1S/C26H21F5N2O3S2/c1-15-9-11-17(12-10-15)38(34,35)33-32-18(20-14-16-6-2-3-8-19(16)37-20)7-4-5-13-36-26-24(30)22(28)21(27)23(29)25(26)31/h2-3,6,8-12,14,33H,4-5,7,13H2,1H3. The molecule has 0 unspecified atom stereocenters. The molecular weight excluding hydrogens is 547 g/mol. The van der Waals surface area contributed by atoms with E-state index >= 15 is 0 Å². The number of aryl methyl sites for hydroxylation is 1. The molecule has 0 radical (unpaired) electrons. The average molecular weight is 569 g/mol. The predicted molar refractivity (Wildman–Crippen MR) is 135 cm³/mol. The van der Waals surface area contributed by atoms with E-state index in [0.29, 0.717) is 17.0 Å².